The van der Waals surface area contributed by atoms with Gasteiger partial charge in [-0.1, -0.05) is 34.6 Å². The lowest BCUT2D eigenvalue weighted by Gasteiger charge is -2.29. The van der Waals surface area contributed by atoms with Gasteiger partial charge in [0.05, 0.1) is 6.54 Å². The normalized spacial score (nSPS) is 30.9. The molecule has 2 rings (SSSR count). The van der Waals surface area contributed by atoms with E-state index in [0.29, 0.717) is 0 Å². The number of alkyl halides is 2. The summed E-state index contributed by atoms with van der Waals surface area (Å²) in [4.78, 5) is 1.99. The predicted molar refractivity (Wildman–Crippen MR) is 66.1 cm³/mol. The third-order valence-corrected chi connectivity index (χ3v) is 3.41. The van der Waals surface area contributed by atoms with Crippen LogP contribution >= 0.6 is 0 Å². The van der Waals surface area contributed by atoms with E-state index in [4.69, 9.17) is 0 Å². The van der Waals surface area contributed by atoms with E-state index in [2.05, 4.69) is 0 Å². The molecule has 1 atom stereocenters. The van der Waals surface area contributed by atoms with E-state index in [1.54, 1.807) is 0 Å². The molecule has 2 fully saturated rings. The predicted octanol–water partition coefficient (Wildman–Crippen LogP) is 4.32. The Hall–Kier alpha value is -0.180. The number of rotatable bonds is 1. The van der Waals surface area contributed by atoms with Crippen LogP contribution in [0.5, 0.6) is 0 Å². The Labute approximate surface area is 99.2 Å². The van der Waals surface area contributed by atoms with Crippen molar-refractivity contribution in [3.05, 3.63) is 0 Å². The third kappa shape index (κ3) is 3.16. The zero-order valence-corrected chi connectivity index (χ0v) is 11.4. The zero-order chi connectivity index (χ0) is 12.8. The summed E-state index contributed by atoms with van der Waals surface area (Å²) in [6.45, 7) is 10.9. The van der Waals surface area contributed by atoms with E-state index in [0.717, 1.165) is 25.8 Å². The molecule has 98 valence electrons. The molecule has 2 aliphatic rings. The maximum Gasteiger partial charge on any atom is 0.262 e. The summed E-state index contributed by atoms with van der Waals surface area (Å²) in [5.74, 6) is -2.42. The maximum atomic E-state index is 13.1. The molecule has 0 amide bonds. The molecular formula is C13H27F2N. The van der Waals surface area contributed by atoms with Gasteiger partial charge in [0, 0.05) is 12.0 Å². The first-order valence-corrected chi connectivity index (χ1v) is 6.71. The average molecular weight is 235 g/mol. The highest BCUT2D eigenvalue weighted by Crippen LogP contribution is 2.47. The molecular weight excluding hydrogens is 208 g/mol. The fourth-order valence-electron chi connectivity index (χ4n) is 2.78. The largest absolute Gasteiger partial charge is 0.292 e. The van der Waals surface area contributed by atoms with Crippen molar-refractivity contribution in [2.75, 3.05) is 13.1 Å². The Morgan fingerprint density at radius 3 is 2.12 bits per heavy atom. The highest BCUT2D eigenvalue weighted by atomic mass is 19.3. The van der Waals surface area contributed by atoms with Crippen molar-refractivity contribution in [1.82, 2.24) is 4.90 Å². The second-order valence-corrected chi connectivity index (χ2v) is 4.14. The molecule has 0 radical (unpaired) electrons. The summed E-state index contributed by atoms with van der Waals surface area (Å²) >= 11 is 0. The van der Waals surface area contributed by atoms with Crippen LogP contribution in [0.25, 0.3) is 0 Å². The molecule has 0 N–H and O–H groups in total. The van der Waals surface area contributed by atoms with E-state index in [1.165, 1.54) is 0 Å². The molecule has 0 bridgehead atoms. The van der Waals surface area contributed by atoms with Gasteiger partial charge in [-0.3, -0.25) is 4.90 Å². The molecule has 16 heavy (non-hydrogen) atoms. The molecule has 0 aromatic rings. The van der Waals surface area contributed by atoms with Crippen LogP contribution in [0.2, 0.25) is 0 Å². The SMILES string of the molecule is CC.CC.CC[C@@]12CCCN1CC(F)(F)C2. The Morgan fingerprint density at radius 2 is 1.69 bits per heavy atom. The van der Waals surface area contributed by atoms with Crippen molar-refractivity contribution in [3.63, 3.8) is 0 Å². The second kappa shape index (κ2) is 6.53. The van der Waals surface area contributed by atoms with E-state index in [9.17, 15) is 8.78 Å². The summed E-state index contributed by atoms with van der Waals surface area (Å²) in [5.41, 5.74) is -0.135. The Balaban J connectivity index is 0.000000509. The third-order valence-electron chi connectivity index (χ3n) is 3.41. The standard InChI is InChI=1S/C9H15F2N.2C2H6/c1-2-8-4-3-5-12(8)7-9(10,11)6-8;2*1-2/h2-7H2,1H3;2*1-2H3/t8-;;/m0../s1. The van der Waals surface area contributed by atoms with Gasteiger partial charge < -0.3 is 0 Å². The van der Waals surface area contributed by atoms with Crippen LogP contribution in [0.4, 0.5) is 8.78 Å². The van der Waals surface area contributed by atoms with Crippen LogP contribution in [0.1, 0.15) is 60.3 Å². The number of fused-ring (bicyclic) bond motifs is 1. The molecule has 0 spiro atoms. The lowest BCUT2D eigenvalue weighted by Crippen LogP contribution is -2.37. The Bertz CT molecular complexity index is 194. The lowest BCUT2D eigenvalue weighted by molar-refractivity contribution is 0.00945. The molecule has 0 saturated carbocycles. The van der Waals surface area contributed by atoms with Gasteiger partial charge in [0.1, 0.15) is 0 Å². The average Bonchev–Trinajstić information content (AvgIpc) is 2.76. The van der Waals surface area contributed by atoms with Crippen molar-refractivity contribution < 1.29 is 8.78 Å². The first-order chi connectivity index (χ1) is 7.58. The maximum absolute atomic E-state index is 13.1. The second-order valence-electron chi connectivity index (χ2n) is 4.14. The first kappa shape index (κ1) is 15.8. The van der Waals surface area contributed by atoms with Crippen molar-refractivity contribution in [2.45, 2.75) is 71.8 Å². The van der Waals surface area contributed by atoms with Crippen LogP contribution in [-0.4, -0.2) is 29.5 Å². The fourth-order valence-corrected chi connectivity index (χ4v) is 2.78. The van der Waals surface area contributed by atoms with Gasteiger partial charge in [0.25, 0.3) is 5.92 Å². The molecule has 2 saturated heterocycles. The van der Waals surface area contributed by atoms with Gasteiger partial charge in [-0.15, -0.1) is 0 Å². The lowest BCUT2D eigenvalue weighted by atomic mass is 9.90. The fraction of sp³-hybridized carbons (Fsp3) is 1.00. The van der Waals surface area contributed by atoms with Crippen LogP contribution in [0.15, 0.2) is 0 Å². The molecule has 0 aromatic heterocycles. The van der Waals surface area contributed by atoms with Gasteiger partial charge in [-0.2, -0.15) is 0 Å². The topological polar surface area (TPSA) is 3.24 Å². The number of halogens is 2. The van der Waals surface area contributed by atoms with Crippen LogP contribution in [-0.2, 0) is 0 Å². The molecule has 0 unspecified atom stereocenters. The minimum absolute atomic E-state index is 0.000833. The van der Waals surface area contributed by atoms with Gasteiger partial charge in [0.2, 0.25) is 0 Å². The Kier molecular flexibility index (Phi) is 6.46. The van der Waals surface area contributed by atoms with Crippen LogP contribution < -0.4 is 0 Å². The van der Waals surface area contributed by atoms with Gasteiger partial charge in [-0.25, -0.2) is 8.78 Å². The molecule has 0 aromatic carbocycles. The summed E-state index contributed by atoms with van der Waals surface area (Å²) in [5, 5.41) is 0. The quantitative estimate of drug-likeness (QED) is 0.654. The monoisotopic (exact) mass is 235 g/mol. The summed E-state index contributed by atoms with van der Waals surface area (Å²) in [7, 11) is 0. The molecule has 2 aliphatic heterocycles. The number of nitrogens with zero attached hydrogens (tertiary/aromatic N) is 1. The highest BCUT2D eigenvalue weighted by Gasteiger charge is 2.55. The summed E-state index contributed by atoms with van der Waals surface area (Å²) < 4.78 is 26.1. The number of hydrogen-bond donors (Lipinski definition) is 0. The van der Waals surface area contributed by atoms with E-state index in [-0.39, 0.29) is 18.5 Å². The van der Waals surface area contributed by atoms with E-state index < -0.39 is 5.92 Å². The summed E-state index contributed by atoms with van der Waals surface area (Å²) in [6, 6.07) is 0. The zero-order valence-electron chi connectivity index (χ0n) is 11.4. The van der Waals surface area contributed by atoms with E-state index in [1.807, 2.05) is 39.5 Å². The van der Waals surface area contributed by atoms with Gasteiger partial charge in [-0.05, 0) is 25.8 Å². The molecule has 0 aliphatic carbocycles. The van der Waals surface area contributed by atoms with Crippen LogP contribution in [0, 0.1) is 0 Å². The molecule has 1 nitrogen and oxygen atoms in total. The molecule has 2 heterocycles. The highest BCUT2D eigenvalue weighted by molar-refractivity contribution is 5.05. The molecule has 3 heteroatoms. The minimum atomic E-state index is -2.42. The Morgan fingerprint density at radius 1 is 1.12 bits per heavy atom. The number of hydrogen-bond acceptors (Lipinski definition) is 1. The van der Waals surface area contributed by atoms with Crippen molar-refractivity contribution in [1.29, 1.82) is 0 Å². The van der Waals surface area contributed by atoms with Crippen molar-refractivity contribution in [2.24, 2.45) is 0 Å². The van der Waals surface area contributed by atoms with Crippen molar-refractivity contribution >= 4 is 0 Å². The first-order valence-electron chi connectivity index (χ1n) is 6.71. The van der Waals surface area contributed by atoms with Crippen molar-refractivity contribution in [3.8, 4) is 0 Å². The summed E-state index contributed by atoms with van der Waals surface area (Å²) in [6.07, 6.45) is 3.04. The minimum Gasteiger partial charge on any atom is -0.292 e. The van der Waals surface area contributed by atoms with Gasteiger partial charge >= 0.3 is 0 Å². The van der Waals surface area contributed by atoms with Crippen LogP contribution in [0.3, 0.4) is 0 Å². The van der Waals surface area contributed by atoms with Gasteiger partial charge in [0.15, 0.2) is 0 Å². The van der Waals surface area contributed by atoms with E-state index >= 15 is 0 Å². The smallest absolute Gasteiger partial charge is 0.262 e.